The van der Waals surface area contributed by atoms with E-state index in [-0.39, 0.29) is 0 Å². The molecule has 1 heterocycles. The Morgan fingerprint density at radius 1 is 1.42 bits per heavy atom. The number of carbonyl (C=O) groups is 1. The van der Waals surface area contributed by atoms with Gasteiger partial charge in [-0.2, -0.15) is 0 Å². The number of ether oxygens (including phenoxy) is 2. The molecule has 0 atom stereocenters. The lowest BCUT2D eigenvalue weighted by Crippen LogP contribution is -2.21. The van der Waals surface area contributed by atoms with Crippen molar-refractivity contribution in [2.75, 3.05) is 19.8 Å². The van der Waals surface area contributed by atoms with Gasteiger partial charge in [-0.05, 0) is 42.5 Å². The summed E-state index contributed by atoms with van der Waals surface area (Å²) in [5.41, 5.74) is 0.826. The number of hydrogen-bond acceptors (Lipinski definition) is 3. The van der Waals surface area contributed by atoms with Gasteiger partial charge in [0.05, 0.1) is 6.61 Å². The van der Waals surface area contributed by atoms with Gasteiger partial charge in [-0.15, -0.1) is 0 Å². The molecule has 0 unspecified atom stereocenters. The third kappa shape index (κ3) is 4.75. The third-order valence-electron chi connectivity index (χ3n) is 3.10. The van der Waals surface area contributed by atoms with Crippen molar-refractivity contribution in [1.82, 2.24) is 0 Å². The molecule has 1 aliphatic rings. The zero-order chi connectivity index (χ0) is 13.5. The molecule has 1 saturated heterocycles. The fourth-order valence-electron chi connectivity index (χ4n) is 2.00. The van der Waals surface area contributed by atoms with E-state index in [1.54, 1.807) is 6.08 Å². The number of rotatable bonds is 5. The monoisotopic (exact) mass is 262 g/mol. The third-order valence-corrected chi connectivity index (χ3v) is 3.10. The van der Waals surface area contributed by atoms with Gasteiger partial charge in [0.2, 0.25) is 0 Å². The van der Waals surface area contributed by atoms with Crippen LogP contribution in [0.25, 0.3) is 6.08 Å². The Hall–Kier alpha value is -1.81. The Balaban J connectivity index is 1.89. The van der Waals surface area contributed by atoms with Crippen LogP contribution in [-0.2, 0) is 9.53 Å². The maximum atomic E-state index is 10.5. The van der Waals surface area contributed by atoms with Gasteiger partial charge in [0, 0.05) is 19.3 Å². The topological polar surface area (TPSA) is 55.8 Å². The fraction of sp³-hybridized carbons (Fsp3) is 0.400. The molecule has 19 heavy (non-hydrogen) atoms. The van der Waals surface area contributed by atoms with Crippen molar-refractivity contribution < 1.29 is 19.4 Å². The molecule has 0 spiro atoms. The van der Waals surface area contributed by atoms with E-state index in [4.69, 9.17) is 14.6 Å². The summed E-state index contributed by atoms with van der Waals surface area (Å²) in [6.45, 7) is 2.32. The largest absolute Gasteiger partial charge is 0.493 e. The van der Waals surface area contributed by atoms with Crippen LogP contribution in [-0.4, -0.2) is 30.9 Å². The minimum absolute atomic E-state index is 0.548. The summed E-state index contributed by atoms with van der Waals surface area (Å²) in [5.74, 6) is 0.375. The predicted octanol–water partition coefficient (Wildman–Crippen LogP) is 2.59. The molecule has 0 saturated carbocycles. The number of aliphatic carboxylic acids is 1. The van der Waals surface area contributed by atoms with E-state index in [1.165, 1.54) is 0 Å². The van der Waals surface area contributed by atoms with Crippen molar-refractivity contribution in [2.45, 2.75) is 12.8 Å². The molecule has 0 radical (unpaired) electrons. The minimum Gasteiger partial charge on any atom is -0.493 e. The lowest BCUT2D eigenvalue weighted by Gasteiger charge is -2.22. The van der Waals surface area contributed by atoms with Crippen LogP contribution in [0, 0.1) is 5.92 Å². The first-order chi connectivity index (χ1) is 9.24. The maximum absolute atomic E-state index is 10.5. The molecule has 0 bridgehead atoms. The molecule has 1 aromatic rings. The van der Waals surface area contributed by atoms with Crippen molar-refractivity contribution in [2.24, 2.45) is 5.92 Å². The second kappa shape index (κ2) is 6.95. The van der Waals surface area contributed by atoms with Gasteiger partial charge in [0.15, 0.2) is 0 Å². The summed E-state index contributed by atoms with van der Waals surface area (Å²) in [6.07, 6.45) is 4.76. The Labute approximate surface area is 112 Å². The van der Waals surface area contributed by atoms with E-state index in [0.717, 1.165) is 43.4 Å². The van der Waals surface area contributed by atoms with Crippen LogP contribution in [0.2, 0.25) is 0 Å². The van der Waals surface area contributed by atoms with E-state index in [9.17, 15) is 4.79 Å². The molecule has 1 aromatic carbocycles. The summed E-state index contributed by atoms with van der Waals surface area (Å²) in [7, 11) is 0. The summed E-state index contributed by atoms with van der Waals surface area (Å²) >= 11 is 0. The summed E-state index contributed by atoms with van der Waals surface area (Å²) < 4.78 is 11.1. The highest BCUT2D eigenvalue weighted by molar-refractivity contribution is 5.85. The zero-order valence-electron chi connectivity index (χ0n) is 10.7. The van der Waals surface area contributed by atoms with Gasteiger partial charge in [-0.25, -0.2) is 4.79 Å². The SMILES string of the molecule is O=C(O)/C=C/c1cccc(OCC2CCOCC2)c1. The van der Waals surface area contributed by atoms with Crippen molar-refractivity contribution in [3.63, 3.8) is 0 Å². The van der Waals surface area contributed by atoms with Crippen LogP contribution < -0.4 is 4.74 Å². The molecule has 1 aliphatic heterocycles. The molecule has 0 amide bonds. The summed E-state index contributed by atoms with van der Waals surface area (Å²) in [5, 5.41) is 8.59. The lowest BCUT2D eigenvalue weighted by atomic mass is 10.0. The molecule has 4 nitrogen and oxygen atoms in total. The standard InChI is InChI=1S/C15H18O4/c16-15(17)5-4-12-2-1-3-14(10-12)19-11-13-6-8-18-9-7-13/h1-5,10,13H,6-9,11H2,(H,16,17)/b5-4+. The first-order valence-electron chi connectivity index (χ1n) is 6.45. The molecule has 1 fully saturated rings. The van der Waals surface area contributed by atoms with Crippen LogP contribution in [0.5, 0.6) is 5.75 Å². The van der Waals surface area contributed by atoms with Gasteiger partial charge in [-0.3, -0.25) is 0 Å². The van der Waals surface area contributed by atoms with Crippen molar-refractivity contribution in [1.29, 1.82) is 0 Å². The Morgan fingerprint density at radius 3 is 2.95 bits per heavy atom. The Bertz CT molecular complexity index is 447. The molecule has 102 valence electrons. The molecule has 4 heteroatoms. The van der Waals surface area contributed by atoms with Gasteiger partial charge in [0.1, 0.15) is 5.75 Å². The van der Waals surface area contributed by atoms with Gasteiger partial charge in [-0.1, -0.05) is 12.1 Å². The normalized spacial score (nSPS) is 16.6. The van der Waals surface area contributed by atoms with Crippen LogP contribution in [0.3, 0.4) is 0 Å². The van der Waals surface area contributed by atoms with Crippen LogP contribution in [0.15, 0.2) is 30.3 Å². The highest BCUT2D eigenvalue weighted by Crippen LogP contribution is 2.19. The number of carboxylic acid groups (broad SMARTS) is 1. The second-order valence-corrected chi connectivity index (χ2v) is 4.61. The Morgan fingerprint density at radius 2 is 2.21 bits per heavy atom. The molecular weight excluding hydrogens is 244 g/mol. The van der Waals surface area contributed by atoms with Crippen LogP contribution >= 0.6 is 0 Å². The molecule has 2 rings (SSSR count). The number of hydrogen-bond donors (Lipinski definition) is 1. The first kappa shape index (κ1) is 13.6. The van der Waals surface area contributed by atoms with Gasteiger partial charge < -0.3 is 14.6 Å². The first-order valence-corrected chi connectivity index (χ1v) is 6.45. The maximum Gasteiger partial charge on any atom is 0.328 e. The van der Waals surface area contributed by atoms with E-state index >= 15 is 0 Å². The van der Waals surface area contributed by atoms with Crippen LogP contribution in [0.1, 0.15) is 18.4 Å². The molecular formula is C15H18O4. The summed E-state index contributed by atoms with van der Waals surface area (Å²) in [4.78, 5) is 10.5. The predicted molar refractivity (Wildman–Crippen MR) is 72.1 cm³/mol. The second-order valence-electron chi connectivity index (χ2n) is 4.61. The number of benzene rings is 1. The van der Waals surface area contributed by atoms with E-state index in [0.29, 0.717) is 12.5 Å². The highest BCUT2D eigenvalue weighted by Gasteiger charge is 2.14. The molecule has 0 aliphatic carbocycles. The van der Waals surface area contributed by atoms with E-state index in [2.05, 4.69) is 0 Å². The minimum atomic E-state index is -0.950. The molecule has 1 N–H and O–H groups in total. The highest BCUT2D eigenvalue weighted by atomic mass is 16.5. The quantitative estimate of drug-likeness (QED) is 0.829. The van der Waals surface area contributed by atoms with Crippen molar-refractivity contribution in [3.05, 3.63) is 35.9 Å². The average Bonchev–Trinajstić information content (AvgIpc) is 2.44. The number of carboxylic acids is 1. The smallest absolute Gasteiger partial charge is 0.328 e. The lowest BCUT2D eigenvalue weighted by molar-refractivity contribution is -0.131. The van der Waals surface area contributed by atoms with E-state index < -0.39 is 5.97 Å². The van der Waals surface area contributed by atoms with Crippen molar-refractivity contribution in [3.8, 4) is 5.75 Å². The van der Waals surface area contributed by atoms with Crippen LogP contribution in [0.4, 0.5) is 0 Å². The van der Waals surface area contributed by atoms with Gasteiger partial charge in [0.25, 0.3) is 0 Å². The van der Waals surface area contributed by atoms with Crippen molar-refractivity contribution >= 4 is 12.0 Å². The molecule has 0 aromatic heterocycles. The van der Waals surface area contributed by atoms with E-state index in [1.807, 2.05) is 24.3 Å². The zero-order valence-corrected chi connectivity index (χ0v) is 10.7. The average molecular weight is 262 g/mol. The Kier molecular flexibility index (Phi) is 4.98. The van der Waals surface area contributed by atoms with Gasteiger partial charge >= 0.3 is 5.97 Å². The fourth-order valence-corrected chi connectivity index (χ4v) is 2.00. The summed E-state index contributed by atoms with van der Waals surface area (Å²) in [6, 6.07) is 7.44.